The van der Waals surface area contributed by atoms with Gasteiger partial charge in [0.15, 0.2) is 23.1 Å². The highest BCUT2D eigenvalue weighted by molar-refractivity contribution is 9.10. The van der Waals surface area contributed by atoms with Crippen LogP contribution in [0.15, 0.2) is 28.7 Å². The molecule has 276 valence electrons. The van der Waals surface area contributed by atoms with E-state index in [4.69, 9.17) is 35.6 Å². The molecule has 49 heavy (non-hydrogen) atoms. The molecule has 0 radical (unpaired) electrons. The molecule has 2 amide bonds. The van der Waals surface area contributed by atoms with Crippen LogP contribution in [0.25, 0.3) is 0 Å². The summed E-state index contributed by atoms with van der Waals surface area (Å²) in [6, 6.07) is 4.28. The number of aliphatic hydroxyl groups is 2. The molecule has 2 rings (SSSR count). The Morgan fingerprint density at radius 2 is 1.27 bits per heavy atom. The Kier molecular flexibility index (Phi) is 20.4. The predicted octanol–water partition coefficient (Wildman–Crippen LogP) is 6.81. The molecule has 0 saturated carbocycles. The minimum Gasteiger partial charge on any atom is -0.488 e. The molecule has 2 aromatic rings. The van der Waals surface area contributed by atoms with Gasteiger partial charge < -0.3 is 39.8 Å². The van der Waals surface area contributed by atoms with E-state index in [1.807, 2.05) is 0 Å². The summed E-state index contributed by atoms with van der Waals surface area (Å²) >= 11 is 3.00. The van der Waals surface area contributed by atoms with Crippen molar-refractivity contribution in [2.75, 3.05) is 26.4 Å². The third-order valence-corrected chi connectivity index (χ3v) is 6.03. The number of terminal acetylenes is 1. The van der Waals surface area contributed by atoms with Gasteiger partial charge in [-0.15, -0.1) is 6.42 Å². The number of amides is 2. The molecule has 10 nitrogen and oxygen atoms in total. The molecular weight excluding hydrogens is 720 g/mol. The van der Waals surface area contributed by atoms with E-state index in [1.165, 1.54) is 12.1 Å². The van der Waals surface area contributed by atoms with Crippen LogP contribution in [0.3, 0.4) is 0 Å². The van der Waals surface area contributed by atoms with Gasteiger partial charge >= 0.3 is 12.2 Å². The number of ether oxygens (including phenoxy) is 4. The van der Waals surface area contributed by atoms with Crippen LogP contribution in [0.4, 0.5) is 27.2 Å². The van der Waals surface area contributed by atoms with Crippen molar-refractivity contribution in [3.8, 4) is 23.8 Å². The van der Waals surface area contributed by atoms with Crippen molar-refractivity contribution < 1.29 is 56.3 Å². The summed E-state index contributed by atoms with van der Waals surface area (Å²) in [5.41, 5.74) is -0.590. The van der Waals surface area contributed by atoms with Crippen LogP contribution in [0.1, 0.15) is 67.4 Å². The second-order valence-corrected chi connectivity index (χ2v) is 13.1. The van der Waals surface area contributed by atoms with Gasteiger partial charge in [-0.2, -0.15) is 8.78 Å². The van der Waals surface area contributed by atoms with Gasteiger partial charge in [0.1, 0.15) is 24.4 Å². The molecule has 0 aromatic heterocycles. The maximum Gasteiger partial charge on any atom is 0.408 e. The highest BCUT2D eigenvalue weighted by atomic mass is 79.9. The van der Waals surface area contributed by atoms with E-state index in [1.54, 1.807) is 55.4 Å². The van der Waals surface area contributed by atoms with Crippen LogP contribution in [0.2, 0.25) is 0 Å². The molecule has 0 spiro atoms. The monoisotopic (exact) mass is 766 g/mol. The highest BCUT2D eigenvalue weighted by Crippen LogP contribution is 2.29. The Labute approximate surface area is 294 Å². The fourth-order valence-electron chi connectivity index (χ4n) is 3.34. The molecule has 0 aliphatic heterocycles. The lowest BCUT2D eigenvalue weighted by molar-refractivity contribution is 0.0499. The fourth-order valence-corrected chi connectivity index (χ4v) is 3.76. The summed E-state index contributed by atoms with van der Waals surface area (Å²) in [6.45, 7) is 13.5. The molecular formula is C34H47BrF4N2O8. The molecule has 0 fully saturated rings. The van der Waals surface area contributed by atoms with Gasteiger partial charge in [-0.1, -0.05) is 12.0 Å². The first-order valence-corrected chi connectivity index (χ1v) is 16.0. The van der Waals surface area contributed by atoms with Crippen molar-refractivity contribution in [1.82, 2.24) is 10.6 Å². The number of alkyl carbamates (subject to hydrolysis) is 2. The fraction of sp³-hybridized carbons (Fsp3) is 0.529. The molecule has 0 heterocycles. The van der Waals surface area contributed by atoms with Crippen LogP contribution < -0.4 is 20.1 Å². The first kappa shape index (κ1) is 45.3. The number of rotatable bonds is 11. The smallest absolute Gasteiger partial charge is 0.408 e. The first-order chi connectivity index (χ1) is 22.6. The lowest BCUT2D eigenvalue weighted by Crippen LogP contribution is -2.37. The number of aliphatic hydroxyl groups excluding tert-OH is 2. The second kappa shape index (κ2) is 22.1. The number of hydrogen-bond acceptors (Lipinski definition) is 8. The largest absolute Gasteiger partial charge is 0.488 e. The molecule has 2 atom stereocenters. The number of carbonyl (C=O) groups excluding carboxylic acids is 2. The standard InChI is InChI=1S/C17H25F2NO4.C9H15NO2.C8H7BrF2O2/c1-11(20-16(22)24-17(2,3)4)5-6-12-7-8-13(18)14(19)15(12)23-10-9-21;1-6-7(2)10-8(11)12-9(3,4)5;9-5-1-2-6(10)7(11)8(5)13-4-3-12/h7-8,11,21H,5-6,9-10H2,1-4H3,(H,20,22);1,7H,2-5H3,(H,10,11);1-2,12H,3-4H2/t11-;7-;/m00./s1. The van der Waals surface area contributed by atoms with Crippen LogP contribution in [0.5, 0.6) is 11.5 Å². The molecule has 2 aromatic carbocycles. The molecule has 0 saturated heterocycles. The van der Waals surface area contributed by atoms with Gasteiger partial charge in [0.25, 0.3) is 0 Å². The summed E-state index contributed by atoms with van der Waals surface area (Å²) in [7, 11) is 0. The van der Waals surface area contributed by atoms with Gasteiger partial charge in [0, 0.05) is 6.04 Å². The zero-order chi connectivity index (χ0) is 37.9. The number of aryl methyl sites for hydroxylation is 1. The maximum absolute atomic E-state index is 13.8. The normalized spacial score (nSPS) is 12.0. The van der Waals surface area contributed by atoms with Crippen molar-refractivity contribution in [2.24, 2.45) is 0 Å². The van der Waals surface area contributed by atoms with Crippen LogP contribution in [-0.4, -0.2) is 72.1 Å². The Bertz CT molecular complexity index is 1380. The zero-order valence-electron chi connectivity index (χ0n) is 29.0. The molecule has 4 N–H and O–H groups in total. The SMILES string of the molecule is C#C[C@H](C)NC(=O)OC(C)(C)C.C[C@@H](CCc1ccc(F)c(F)c1OCCO)NC(=O)OC(C)(C)C.OCCOc1c(Br)ccc(F)c1F. The van der Waals surface area contributed by atoms with Crippen molar-refractivity contribution in [3.63, 3.8) is 0 Å². The van der Waals surface area contributed by atoms with Crippen molar-refractivity contribution >= 4 is 28.1 Å². The summed E-state index contributed by atoms with van der Waals surface area (Å²) < 4.78 is 73.1. The van der Waals surface area contributed by atoms with E-state index >= 15 is 0 Å². The summed E-state index contributed by atoms with van der Waals surface area (Å²) in [5.74, 6) is -2.16. The molecule has 0 aliphatic carbocycles. The Balaban J connectivity index is 0.000000777. The lowest BCUT2D eigenvalue weighted by Gasteiger charge is -2.22. The minimum absolute atomic E-state index is 0.0705. The predicted molar refractivity (Wildman–Crippen MR) is 180 cm³/mol. The summed E-state index contributed by atoms with van der Waals surface area (Å²) in [5, 5.41) is 22.4. The lowest BCUT2D eigenvalue weighted by atomic mass is 10.0. The van der Waals surface area contributed by atoms with Crippen molar-refractivity contribution in [3.05, 3.63) is 57.6 Å². The highest BCUT2D eigenvalue weighted by Gasteiger charge is 2.20. The van der Waals surface area contributed by atoms with Gasteiger partial charge in [-0.05, 0) is 108 Å². The minimum atomic E-state index is -1.08. The van der Waals surface area contributed by atoms with Crippen LogP contribution in [-0.2, 0) is 15.9 Å². The molecule has 15 heteroatoms. The average molecular weight is 768 g/mol. The number of benzene rings is 2. The number of carbonyl (C=O) groups is 2. The number of hydrogen-bond donors (Lipinski definition) is 4. The third kappa shape index (κ3) is 19.8. The maximum atomic E-state index is 13.8. The average Bonchev–Trinajstić information content (AvgIpc) is 2.98. The van der Waals surface area contributed by atoms with Crippen LogP contribution in [0, 0.1) is 35.6 Å². The third-order valence-electron chi connectivity index (χ3n) is 5.40. The Morgan fingerprint density at radius 1 is 0.816 bits per heavy atom. The Morgan fingerprint density at radius 3 is 1.73 bits per heavy atom. The van der Waals surface area contributed by atoms with Gasteiger partial charge in [-0.25, -0.2) is 18.4 Å². The van der Waals surface area contributed by atoms with E-state index in [0.717, 1.165) is 12.1 Å². The van der Waals surface area contributed by atoms with Crippen molar-refractivity contribution in [1.29, 1.82) is 0 Å². The van der Waals surface area contributed by atoms with Crippen molar-refractivity contribution in [2.45, 2.75) is 91.5 Å². The van der Waals surface area contributed by atoms with Gasteiger partial charge in [0.05, 0.1) is 23.7 Å². The van der Waals surface area contributed by atoms with E-state index in [9.17, 15) is 27.2 Å². The zero-order valence-corrected chi connectivity index (χ0v) is 30.6. The summed E-state index contributed by atoms with van der Waals surface area (Å²) in [6.07, 6.45) is 4.91. The van der Waals surface area contributed by atoms with E-state index in [-0.39, 0.29) is 50.0 Å². The van der Waals surface area contributed by atoms with Gasteiger partial charge in [0.2, 0.25) is 11.6 Å². The molecule has 0 bridgehead atoms. The molecule has 0 unspecified atom stereocenters. The molecule has 0 aliphatic rings. The van der Waals surface area contributed by atoms with E-state index in [2.05, 4.69) is 32.5 Å². The van der Waals surface area contributed by atoms with E-state index < -0.39 is 46.7 Å². The Hall–Kier alpha value is -3.74. The van der Waals surface area contributed by atoms with Gasteiger partial charge in [-0.3, -0.25) is 0 Å². The quantitative estimate of drug-likeness (QED) is 0.111. The number of halogens is 5. The second-order valence-electron chi connectivity index (χ2n) is 12.3. The van der Waals surface area contributed by atoms with Crippen LogP contribution >= 0.6 is 15.9 Å². The first-order valence-electron chi connectivity index (χ1n) is 15.2. The number of nitrogens with one attached hydrogen (secondary N) is 2. The van der Waals surface area contributed by atoms with E-state index in [0.29, 0.717) is 22.9 Å². The summed E-state index contributed by atoms with van der Waals surface area (Å²) in [4.78, 5) is 22.7. The topological polar surface area (TPSA) is 136 Å².